The van der Waals surface area contributed by atoms with Crippen LogP contribution in [0.15, 0.2) is 71.7 Å². The van der Waals surface area contributed by atoms with E-state index < -0.39 is 38.9 Å². The maximum atomic E-state index is 14.5. The Hall–Kier alpha value is -3.80. The molecule has 2 atom stereocenters. The lowest BCUT2D eigenvalue weighted by Gasteiger charge is -2.35. The van der Waals surface area contributed by atoms with E-state index in [0.717, 1.165) is 25.7 Å². The third-order valence-electron chi connectivity index (χ3n) is 8.59. The first-order valence-corrected chi connectivity index (χ1v) is 15.7. The minimum Gasteiger partial charge on any atom is -0.507 e. The van der Waals surface area contributed by atoms with E-state index in [1.54, 1.807) is 30.3 Å². The molecule has 0 saturated carbocycles. The Labute approximate surface area is 244 Å². The monoisotopic (exact) mass is 591 g/mol. The molecule has 0 aromatic heterocycles. The fourth-order valence-corrected chi connectivity index (χ4v) is 8.19. The predicted molar refractivity (Wildman–Crippen MR) is 155 cm³/mol. The number of para-hydroxylation sites is 1. The zero-order chi connectivity index (χ0) is 29.6. The van der Waals surface area contributed by atoms with Crippen LogP contribution in [0.3, 0.4) is 0 Å². The van der Waals surface area contributed by atoms with Crippen molar-refractivity contribution in [1.29, 1.82) is 0 Å². The molecule has 2 aromatic carbocycles. The molecule has 3 saturated heterocycles. The van der Waals surface area contributed by atoms with Gasteiger partial charge in [0.2, 0.25) is 10.0 Å². The smallest absolute Gasteiger partial charge is 0.296 e. The average Bonchev–Trinajstić information content (AvgIpc) is 3.67. The molecular weight excluding hydrogens is 558 g/mol. The van der Waals surface area contributed by atoms with Gasteiger partial charge in [0.05, 0.1) is 22.3 Å². The van der Waals surface area contributed by atoms with Crippen LogP contribution >= 0.6 is 0 Å². The summed E-state index contributed by atoms with van der Waals surface area (Å²) in [7, 11) is -3.86. The van der Waals surface area contributed by atoms with E-state index in [4.69, 9.17) is 4.74 Å². The number of hydrogen-bond acceptors (Lipinski definition) is 7. The van der Waals surface area contributed by atoms with Crippen molar-refractivity contribution in [3.05, 3.63) is 77.9 Å². The summed E-state index contributed by atoms with van der Waals surface area (Å²) in [5.41, 5.74) is -1.44. The molecule has 220 valence electrons. The molecule has 10 nitrogen and oxygen atoms in total. The standard InChI is InChI=1S/C31H33N3O7S/c1-2-15-33-25-14-5-4-13-24(25)31(30(33)38)26(28(36)29(37)34(31)20-22-11-9-18-41-22)27(35)21-10-8-12-23(19-21)42(39,40)32-16-6-3-7-17-32/h2,4-5,8,10,12-14,19,22,35H,1,3,6-7,9,11,15-18,20H2/b27-26+. The first-order valence-electron chi connectivity index (χ1n) is 14.3. The van der Waals surface area contributed by atoms with E-state index in [-0.39, 0.29) is 35.2 Å². The molecule has 0 radical (unpaired) electrons. The van der Waals surface area contributed by atoms with E-state index in [0.29, 0.717) is 37.4 Å². The molecule has 4 heterocycles. The molecule has 3 fully saturated rings. The number of aliphatic hydroxyl groups excluding tert-OH is 1. The van der Waals surface area contributed by atoms with Gasteiger partial charge in [-0.25, -0.2) is 8.42 Å². The van der Waals surface area contributed by atoms with Crippen LogP contribution in [-0.4, -0.2) is 79.2 Å². The van der Waals surface area contributed by atoms with Gasteiger partial charge >= 0.3 is 0 Å². The summed E-state index contributed by atoms with van der Waals surface area (Å²) in [5, 5.41) is 11.8. The highest BCUT2D eigenvalue weighted by molar-refractivity contribution is 7.89. The Morgan fingerprint density at radius 1 is 1.05 bits per heavy atom. The van der Waals surface area contributed by atoms with E-state index in [2.05, 4.69) is 6.58 Å². The number of benzene rings is 2. The third-order valence-corrected chi connectivity index (χ3v) is 10.5. The summed E-state index contributed by atoms with van der Waals surface area (Å²) >= 11 is 0. The van der Waals surface area contributed by atoms with E-state index in [1.165, 1.54) is 38.4 Å². The maximum absolute atomic E-state index is 14.5. The predicted octanol–water partition coefficient (Wildman–Crippen LogP) is 3.15. The number of hydrogen-bond donors (Lipinski definition) is 1. The summed E-state index contributed by atoms with van der Waals surface area (Å²) in [5.74, 6) is -3.12. The minimum atomic E-state index is -3.86. The van der Waals surface area contributed by atoms with Crippen LogP contribution in [0.25, 0.3) is 5.76 Å². The summed E-state index contributed by atoms with van der Waals surface area (Å²) in [4.78, 5) is 44.7. The van der Waals surface area contributed by atoms with E-state index in [9.17, 15) is 27.9 Å². The number of ketones is 1. The maximum Gasteiger partial charge on any atom is 0.296 e. The lowest BCUT2D eigenvalue weighted by Crippen LogP contribution is -2.53. The van der Waals surface area contributed by atoms with Gasteiger partial charge in [-0.2, -0.15) is 4.31 Å². The number of rotatable bonds is 7. The average molecular weight is 592 g/mol. The van der Waals surface area contributed by atoms with Crippen LogP contribution in [0.4, 0.5) is 5.69 Å². The Balaban J connectivity index is 1.55. The van der Waals surface area contributed by atoms with Gasteiger partial charge in [-0.1, -0.05) is 42.8 Å². The lowest BCUT2D eigenvalue weighted by atomic mass is 9.81. The van der Waals surface area contributed by atoms with Crippen molar-refractivity contribution in [3.8, 4) is 0 Å². The lowest BCUT2D eigenvalue weighted by molar-refractivity contribution is -0.145. The van der Waals surface area contributed by atoms with E-state index in [1.807, 2.05) is 0 Å². The van der Waals surface area contributed by atoms with Crippen LogP contribution in [0.5, 0.6) is 0 Å². The van der Waals surface area contributed by atoms with Gasteiger partial charge in [-0.3, -0.25) is 14.4 Å². The Morgan fingerprint density at radius 2 is 1.81 bits per heavy atom. The van der Waals surface area contributed by atoms with Crippen LogP contribution in [0.2, 0.25) is 0 Å². The van der Waals surface area contributed by atoms with Gasteiger partial charge in [-0.05, 0) is 43.9 Å². The molecule has 2 unspecified atom stereocenters. The van der Waals surface area contributed by atoms with E-state index >= 15 is 0 Å². The summed E-state index contributed by atoms with van der Waals surface area (Å²) < 4.78 is 34.1. The largest absolute Gasteiger partial charge is 0.507 e. The number of piperidine rings is 1. The highest BCUT2D eigenvalue weighted by Crippen LogP contribution is 2.54. The van der Waals surface area contributed by atoms with Gasteiger partial charge in [0, 0.05) is 43.9 Å². The Kier molecular flexibility index (Phi) is 7.28. The summed E-state index contributed by atoms with van der Waals surface area (Å²) in [6, 6.07) is 12.6. The molecule has 11 heteroatoms. The normalized spacial score (nSPS) is 25.9. The number of sulfonamides is 1. The van der Waals surface area contributed by atoms with Crippen molar-refractivity contribution >= 4 is 39.1 Å². The zero-order valence-corrected chi connectivity index (χ0v) is 24.0. The van der Waals surface area contributed by atoms with Crippen molar-refractivity contribution in [3.63, 3.8) is 0 Å². The zero-order valence-electron chi connectivity index (χ0n) is 23.2. The third kappa shape index (κ3) is 4.21. The Bertz CT molecular complexity index is 1610. The second-order valence-corrected chi connectivity index (χ2v) is 13.0. The van der Waals surface area contributed by atoms with Crippen LogP contribution < -0.4 is 4.90 Å². The van der Waals surface area contributed by atoms with Crippen LogP contribution in [0.1, 0.15) is 43.2 Å². The molecule has 4 aliphatic heterocycles. The number of nitrogens with zero attached hydrogens (tertiary/aromatic N) is 3. The van der Waals surface area contributed by atoms with Gasteiger partial charge in [0.25, 0.3) is 17.6 Å². The molecular formula is C31H33N3O7S. The topological polar surface area (TPSA) is 125 Å². The number of amides is 2. The number of carbonyl (C=O) groups excluding carboxylic acids is 3. The second kappa shape index (κ2) is 10.8. The number of Topliss-reactive ketones (excluding diaryl/α,β-unsaturated/α-hetero) is 1. The van der Waals surface area contributed by atoms with Crippen LogP contribution in [-0.2, 0) is 34.7 Å². The van der Waals surface area contributed by atoms with Gasteiger partial charge in [0.1, 0.15) is 5.76 Å². The molecule has 2 amide bonds. The molecule has 4 aliphatic rings. The molecule has 0 bridgehead atoms. The van der Waals surface area contributed by atoms with Gasteiger partial charge in [0.15, 0.2) is 5.54 Å². The van der Waals surface area contributed by atoms with Gasteiger partial charge < -0.3 is 19.6 Å². The number of anilines is 1. The fourth-order valence-electron chi connectivity index (χ4n) is 6.62. The van der Waals surface area contributed by atoms with Gasteiger partial charge in [-0.15, -0.1) is 6.58 Å². The van der Waals surface area contributed by atoms with Crippen molar-refractivity contribution in [1.82, 2.24) is 9.21 Å². The Morgan fingerprint density at radius 3 is 2.52 bits per heavy atom. The minimum absolute atomic E-state index is 0.0211. The van der Waals surface area contributed by atoms with Crippen molar-refractivity contribution < 1.29 is 32.6 Å². The SMILES string of the molecule is C=CCN1C(=O)C2(/C(=C(/O)c3cccc(S(=O)(=O)N4CCCCC4)c3)C(=O)C(=O)N2CC2CCCO2)c2ccccc21. The number of likely N-dealkylation sites (tertiary alicyclic amines) is 1. The summed E-state index contributed by atoms with van der Waals surface area (Å²) in [6.07, 6.45) is 5.08. The molecule has 1 N–H and O–H groups in total. The number of fused-ring (bicyclic) bond motifs is 2. The van der Waals surface area contributed by atoms with Crippen molar-refractivity contribution in [2.45, 2.75) is 48.6 Å². The quantitative estimate of drug-likeness (QED) is 0.227. The molecule has 0 aliphatic carbocycles. The molecule has 42 heavy (non-hydrogen) atoms. The van der Waals surface area contributed by atoms with Crippen molar-refractivity contribution in [2.75, 3.05) is 37.7 Å². The highest BCUT2D eigenvalue weighted by atomic mass is 32.2. The molecule has 2 aromatic rings. The van der Waals surface area contributed by atoms with Crippen molar-refractivity contribution in [2.24, 2.45) is 0 Å². The molecule has 1 spiro atoms. The summed E-state index contributed by atoms with van der Waals surface area (Å²) in [6.45, 7) is 5.17. The molecule has 6 rings (SSSR count). The first kappa shape index (κ1) is 28.3. The second-order valence-electron chi connectivity index (χ2n) is 11.0. The van der Waals surface area contributed by atoms with Crippen LogP contribution in [0, 0.1) is 0 Å². The fraction of sp³-hybridized carbons (Fsp3) is 0.387. The number of aliphatic hydroxyl groups is 1. The highest BCUT2D eigenvalue weighted by Gasteiger charge is 2.67. The first-order chi connectivity index (χ1) is 20.2. The number of carbonyl (C=O) groups is 3. The number of ether oxygens (including phenoxy) is 1.